The summed E-state index contributed by atoms with van der Waals surface area (Å²) in [5.74, 6) is 0.825. The number of quaternary nitrogens is 1. The Labute approximate surface area is 160 Å². The smallest absolute Gasteiger partial charge is 0.170 e. The Bertz CT molecular complexity index is 694. The van der Waals surface area contributed by atoms with Crippen molar-refractivity contribution in [1.29, 1.82) is 0 Å². The van der Waals surface area contributed by atoms with Gasteiger partial charge in [0, 0.05) is 17.8 Å². The summed E-state index contributed by atoms with van der Waals surface area (Å²) < 4.78 is 11.0. The van der Waals surface area contributed by atoms with Crippen LogP contribution in [0.3, 0.4) is 0 Å². The predicted molar refractivity (Wildman–Crippen MR) is 108 cm³/mol. The Kier molecular flexibility index (Phi) is 6.82. The number of anilines is 1. The van der Waals surface area contributed by atoms with Gasteiger partial charge in [-0.15, -0.1) is 0 Å². The highest BCUT2D eigenvalue weighted by Gasteiger charge is 2.23. The number of thiocarbonyl (C=S) groups is 1. The van der Waals surface area contributed by atoms with Crippen LogP contribution in [0.5, 0.6) is 5.75 Å². The highest BCUT2D eigenvalue weighted by molar-refractivity contribution is 7.80. The van der Waals surface area contributed by atoms with Crippen LogP contribution < -0.4 is 20.3 Å². The van der Waals surface area contributed by atoms with Crippen molar-refractivity contribution in [2.75, 3.05) is 38.7 Å². The molecular weight excluding hydrogens is 346 g/mol. The number of benzene rings is 2. The van der Waals surface area contributed by atoms with E-state index in [9.17, 15) is 0 Å². The van der Waals surface area contributed by atoms with E-state index < -0.39 is 0 Å². The third kappa shape index (κ3) is 5.69. The van der Waals surface area contributed by atoms with Crippen LogP contribution >= 0.6 is 12.2 Å². The first kappa shape index (κ1) is 18.6. The molecule has 0 radical (unpaired) electrons. The van der Waals surface area contributed by atoms with E-state index in [4.69, 9.17) is 21.7 Å². The summed E-state index contributed by atoms with van der Waals surface area (Å²) in [6, 6.07) is 18.3. The van der Waals surface area contributed by atoms with Crippen molar-refractivity contribution in [3.05, 3.63) is 60.2 Å². The first-order valence-corrected chi connectivity index (χ1v) is 9.32. The molecule has 1 saturated heterocycles. The molecule has 26 heavy (non-hydrogen) atoms. The van der Waals surface area contributed by atoms with Gasteiger partial charge in [-0.3, -0.25) is 0 Å². The average Bonchev–Trinajstić information content (AvgIpc) is 2.68. The van der Waals surface area contributed by atoms with Crippen molar-refractivity contribution in [2.24, 2.45) is 0 Å². The van der Waals surface area contributed by atoms with Gasteiger partial charge < -0.3 is 25.0 Å². The second-order valence-electron chi connectivity index (χ2n) is 6.42. The number of hydrogen-bond acceptors (Lipinski definition) is 3. The molecule has 1 unspecified atom stereocenters. The lowest BCUT2D eigenvalue weighted by Gasteiger charge is -2.30. The second kappa shape index (κ2) is 9.52. The van der Waals surface area contributed by atoms with Gasteiger partial charge in [0.2, 0.25) is 0 Å². The fraction of sp³-hybridized carbons (Fsp3) is 0.350. The van der Waals surface area contributed by atoms with Crippen LogP contribution in [0.4, 0.5) is 5.69 Å². The van der Waals surface area contributed by atoms with Crippen LogP contribution in [0.2, 0.25) is 0 Å². The Morgan fingerprint density at radius 3 is 2.69 bits per heavy atom. The van der Waals surface area contributed by atoms with Crippen molar-refractivity contribution in [1.82, 2.24) is 5.32 Å². The van der Waals surface area contributed by atoms with Gasteiger partial charge >= 0.3 is 0 Å². The van der Waals surface area contributed by atoms with E-state index in [1.165, 1.54) is 5.56 Å². The van der Waals surface area contributed by atoms with Crippen LogP contribution in [-0.2, 0) is 11.3 Å². The summed E-state index contributed by atoms with van der Waals surface area (Å²) in [7, 11) is 1.65. The molecule has 6 heteroatoms. The third-order valence-corrected chi connectivity index (χ3v) is 4.71. The first-order chi connectivity index (χ1) is 12.7. The number of rotatable bonds is 6. The molecule has 0 amide bonds. The lowest BCUT2D eigenvalue weighted by atomic mass is 10.2. The largest absolute Gasteiger partial charge is 0.497 e. The molecule has 0 aliphatic carbocycles. The van der Waals surface area contributed by atoms with Gasteiger partial charge in [0.05, 0.1) is 13.7 Å². The zero-order chi connectivity index (χ0) is 18.2. The lowest BCUT2D eigenvalue weighted by molar-refractivity contribution is -0.925. The van der Waals surface area contributed by atoms with Gasteiger partial charge in [-0.05, 0) is 36.5 Å². The molecule has 0 bridgehead atoms. The second-order valence-corrected chi connectivity index (χ2v) is 6.83. The van der Waals surface area contributed by atoms with Crippen molar-refractivity contribution in [3.63, 3.8) is 0 Å². The molecule has 1 fully saturated rings. The number of hydrogen-bond donors (Lipinski definition) is 3. The van der Waals surface area contributed by atoms with E-state index >= 15 is 0 Å². The SMILES string of the molecule is COc1ccc(NC(=S)NC[C@H]2C[NH+](Cc3ccccc3)CCO2)cc1. The zero-order valence-corrected chi connectivity index (χ0v) is 15.9. The van der Waals surface area contributed by atoms with Crippen LogP contribution in [0.15, 0.2) is 54.6 Å². The van der Waals surface area contributed by atoms with E-state index in [-0.39, 0.29) is 6.10 Å². The minimum absolute atomic E-state index is 0.165. The van der Waals surface area contributed by atoms with Gasteiger partial charge in [0.25, 0.3) is 0 Å². The molecule has 0 aromatic heterocycles. The Hall–Kier alpha value is -2.15. The monoisotopic (exact) mass is 372 g/mol. The maximum atomic E-state index is 5.89. The molecule has 2 aromatic rings. The summed E-state index contributed by atoms with van der Waals surface area (Å²) in [6.45, 7) is 4.55. The number of morpholine rings is 1. The standard InChI is InChI=1S/C20H25N3O2S/c1-24-18-9-7-17(8-10-18)22-20(26)21-13-19-15-23(11-12-25-19)14-16-5-3-2-4-6-16/h2-10,19H,11-15H2,1H3,(H2,21,22,26)/p+1/t19-/m0/s1. The molecule has 0 saturated carbocycles. The van der Waals surface area contributed by atoms with Crippen LogP contribution in [-0.4, -0.2) is 44.6 Å². The molecule has 1 aliphatic heterocycles. The minimum Gasteiger partial charge on any atom is -0.497 e. The van der Waals surface area contributed by atoms with Crippen LogP contribution in [0.1, 0.15) is 5.56 Å². The van der Waals surface area contributed by atoms with E-state index in [2.05, 4.69) is 41.0 Å². The van der Waals surface area contributed by atoms with Crippen molar-refractivity contribution < 1.29 is 14.4 Å². The Morgan fingerprint density at radius 2 is 1.96 bits per heavy atom. The molecule has 2 aromatic carbocycles. The minimum atomic E-state index is 0.165. The third-order valence-electron chi connectivity index (χ3n) is 4.46. The fourth-order valence-electron chi connectivity index (χ4n) is 3.09. The maximum absolute atomic E-state index is 5.89. The maximum Gasteiger partial charge on any atom is 0.170 e. The summed E-state index contributed by atoms with van der Waals surface area (Å²) in [4.78, 5) is 1.54. The van der Waals surface area contributed by atoms with Gasteiger partial charge in [0.15, 0.2) is 5.11 Å². The van der Waals surface area contributed by atoms with Crippen LogP contribution in [0.25, 0.3) is 0 Å². The molecule has 3 N–H and O–H groups in total. The number of ether oxygens (including phenoxy) is 2. The predicted octanol–water partition coefficient (Wildman–Crippen LogP) is 1.47. The van der Waals surface area contributed by atoms with E-state index in [0.29, 0.717) is 11.7 Å². The van der Waals surface area contributed by atoms with Crippen molar-refractivity contribution in [2.45, 2.75) is 12.6 Å². The number of nitrogens with one attached hydrogen (secondary N) is 3. The molecular formula is C20H26N3O2S+. The molecule has 1 heterocycles. The normalized spacial score (nSPS) is 19.6. The van der Waals surface area contributed by atoms with Gasteiger partial charge in [-0.1, -0.05) is 30.3 Å². The summed E-state index contributed by atoms with van der Waals surface area (Å²) in [5.41, 5.74) is 2.30. The summed E-state index contributed by atoms with van der Waals surface area (Å²) in [5, 5.41) is 7.06. The fourth-order valence-corrected chi connectivity index (χ4v) is 3.29. The summed E-state index contributed by atoms with van der Waals surface area (Å²) >= 11 is 5.38. The molecule has 2 atom stereocenters. The molecule has 138 valence electrons. The quantitative estimate of drug-likeness (QED) is 0.671. The number of methoxy groups -OCH3 is 1. The highest BCUT2D eigenvalue weighted by Crippen LogP contribution is 2.14. The average molecular weight is 373 g/mol. The molecule has 0 spiro atoms. The molecule has 5 nitrogen and oxygen atoms in total. The van der Waals surface area contributed by atoms with Crippen LogP contribution in [0, 0.1) is 0 Å². The van der Waals surface area contributed by atoms with E-state index in [1.54, 1.807) is 12.0 Å². The molecule has 1 aliphatic rings. The first-order valence-electron chi connectivity index (χ1n) is 8.91. The Balaban J connectivity index is 1.42. The highest BCUT2D eigenvalue weighted by atomic mass is 32.1. The van der Waals surface area contributed by atoms with Crippen molar-refractivity contribution >= 4 is 23.0 Å². The zero-order valence-electron chi connectivity index (χ0n) is 15.0. The van der Waals surface area contributed by atoms with E-state index in [1.807, 2.05) is 24.3 Å². The Morgan fingerprint density at radius 1 is 1.19 bits per heavy atom. The van der Waals surface area contributed by atoms with Crippen molar-refractivity contribution in [3.8, 4) is 5.75 Å². The van der Waals surface area contributed by atoms with Gasteiger partial charge in [-0.2, -0.15) is 0 Å². The lowest BCUT2D eigenvalue weighted by Crippen LogP contribution is -3.13. The molecule has 3 rings (SSSR count). The van der Waals surface area contributed by atoms with Gasteiger partial charge in [-0.25, -0.2) is 0 Å². The topological polar surface area (TPSA) is 47.0 Å². The van der Waals surface area contributed by atoms with Gasteiger partial charge in [0.1, 0.15) is 31.5 Å². The summed E-state index contributed by atoms with van der Waals surface area (Å²) in [6.07, 6.45) is 0.165. The van der Waals surface area contributed by atoms with E-state index in [0.717, 1.165) is 37.7 Å².